The van der Waals surface area contributed by atoms with E-state index >= 15 is 0 Å². The van der Waals surface area contributed by atoms with Gasteiger partial charge in [0.15, 0.2) is 0 Å². The first-order valence-corrected chi connectivity index (χ1v) is 8.23. The molecule has 2 aromatic heterocycles. The molecule has 0 saturated carbocycles. The molecule has 2 heterocycles. The lowest BCUT2D eigenvalue weighted by Crippen LogP contribution is -2.31. The molecule has 0 N–H and O–H groups in total. The minimum Gasteiger partial charge on any atom is -0.313 e. The number of rotatable bonds is 5. The van der Waals surface area contributed by atoms with Crippen molar-refractivity contribution in [2.45, 2.75) is 33.6 Å². The second-order valence-corrected chi connectivity index (χ2v) is 5.85. The van der Waals surface area contributed by atoms with E-state index in [0.29, 0.717) is 30.9 Å². The maximum atomic E-state index is 13.1. The fourth-order valence-electron chi connectivity index (χ4n) is 3.01. The number of halogens is 1. The Labute approximate surface area is 145 Å². The van der Waals surface area contributed by atoms with Crippen LogP contribution in [-0.4, -0.2) is 32.0 Å². The summed E-state index contributed by atoms with van der Waals surface area (Å²) in [4.78, 5) is 22.8. The molecule has 1 aromatic carbocycles. The first kappa shape index (κ1) is 17.0. The summed E-state index contributed by atoms with van der Waals surface area (Å²) >= 11 is 0. The monoisotopic (exact) mass is 341 g/mol. The highest BCUT2D eigenvalue weighted by atomic mass is 19.1. The summed E-state index contributed by atoms with van der Waals surface area (Å²) in [6.45, 7) is 6.30. The number of anilines is 1. The van der Waals surface area contributed by atoms with Crippen LogP contribution < -0.4 is 4.90 Å². The molecular formula is C18H20FN5O. The standard InChI is InChI=1S/C18H20FN5O/c1-4-23(15-7-5-14(19)6-8-15)17(25)10-9-16-12(2)22-18-20-11-21-24(18)13(16)3/h5-8,11H,4,9-10H2,1-3H3. The summed E-state index contributed by atoms with van der Waals surface area (Å²) < 4.78 is 14.8. The van der Waals surface area contributed by atoms with E-state index in [1.807, 2.05) is 20.8 Å². The third-order valence-corrected chi connectivity index (χ3v) is 4.33. The van der Waals surface area contributed by atoms with Gasteiger partial charge in [0.2, 0.25) is 5.91 Å². The third kappa shape index (κ3) is 3.35. The molecule has 0 unspecified atom stereocenters. The topological polar surface area (TPSA) is 63.4 Å². The molecule has 0 aliphatic rings. The number of nitrogens with zero attached hydrogens (tertiary/aromatic N) is 5. The van der Waals surface area contributed by atoms with E-state index in [-0.39, 0.29) is 11.7 Å². The van der Waals surface area contributed by atoms with E-state index in [4.69, 9.17) is 0 Å². The second-order valence-electron chi connectivity index (χ2n) is 5.85. The van der Waals surface area contributed by atoms with Crippen molar-refractivity contribution in [1.29, 1.82) is 0 Å². The van der Waals surface area contributed by atoms with E-state index in [0.717, 1.165) is 17.0 Å². The van der Waals surface area contributed by atoms with Gasteiger partial charge in [-0.2, -0.15) is 10.1 Å². The van der Waals surface area contributed by atoms with Gasteiger partial charge in [-0.05, 0) is 57.0 Å². The Morgan fingerprint density at radius 3 is 2.64 bits per heavy atom. The number of hydrogen-bond donors (Lipinski definition) is 0. The number of amides is 1. The van der Waals surface area contributed by atoms with Crippen LogP contribution in [0.25, 0.3) is 5.78 Å². The average molecular weight is 341 g/mol. The molecule has 0 aliphatic heterocycles. The van der Waals surface area contributed by atoms with E-state index in [9.17, 15) is 9.18 Å². The molecule has 0 radical (unpaired) electrons. The van der Waals surface area contributed by atoms with Crippen LogP contribution in [0.1, 0.15) is 30.3 Å². The van der Waals surface area contributed by atoms with Crippen molar-refractivity contribution >= 4 is 17.4 Å². The van der Waals surface area contributed by atoms with E-state index in [1.54, 1.807) is 21.5 Å². The first-order chi connectivity index (χ1) is 12.0. The minimum absolute atomic E-state index is 0.00778. The fraction of sp³-hybridized carbons (Fsp3) is 0.333. The highest BCUT2D eigenvalue weighted by Crippen LogP contribution is 2.19. The predicted octanol–water partition coefficient (Wildman–Crippen LogP) is 2.87. The number of hydrogen-bond acceptors (Lipinski definition) is 4. The molecule has 0 fully saturated rings. The molecule has 0 bridgehead atoms. The molecule has 0 aliphatic carbocycles. The predicted molar refractivity (Wildman–Crippen MR) is 93.0 cm³/mol. The van der Waals surface area contributed by atoms with Crippen molar-refractivity contribution in [2.75, 3.05) is 11.4 Å². The molecule has 1 amide bonds. The number of aryl methyl sites for hydroxylation is 2. The van der Waals surface area contributed by atoms with Crippen molar-refractivity contribution in [3.8, 4) is 0 Å². The quantitative estimate of drug-likeness (QED) is 0.716. The van der Waals surface area contributed by atoms with Crippen LogP contribution in [0.5, 0.6) is 0 Å². The van der Waals surface area contributed by atoms with Crippen LogP contribution >= 0.6 is 0 Å². The van der Waals surface area contributed by atoms with E-state index in [2.05, 4.69) is 15.1 Å². The molecular weight excluding hydrogens is 321 g/mol. The normalized spacial score (nSPS) is 11.0. The van der Waals surface area contributed by atoms with Gasteiger partial charge in [-0.1, -0.05) is 0 Å². The zero-order valence-corrected chi connectivity index (χ0v) is 14.5. The molecule has 3 rings (SSSR count). The third-order valence-electron chi connectivity index (χ3n) is 4.33. The van der Waals surface area contributed by atoms with Crippen LogP contribution in [0.4, 0.5) is 10.1 Å². The van der Waals surface area contributed by atoms with Crippen molar-refractivity contribution in [1.82, 2.24) is 19.6 Å². The molecule has 0 saturated heterocycles. The van der Waals surface area contributed by atoms with Gasteiger partial charge in [-0.3, -0.25) is 4.79 Å². The van der Waals surface area contributed by atoms with Crippen LogP contribution in [0.15, 0.2) is 30.6 Å². The Hall–Kier alpha value is -2.83. The average Bonchev–Trinajstić information content (AvgIpc) is 3.05. The van der Waals surface area contributed by atoms with Gasteiger partial charge in [-0.25, -0.2) is 13.9 Å². The van der Waals surface area contributed by atoms with Gasteiger partial charge in [0.1, 0.15) is 12.1 Å². The molecule has 0 atom stereocenters. The second kappa shape index (κ2) is 6.96. The van der Waals surface area contributed by atoms with Gasteiger partial charge in [-0.15, -0.1) is 0 Å². The zero-order valence-electron chi connectivity index (χ0n) is 14.5. The van der Waals surface area contributed by atoms with Gasteiger partial charge in [0, 0.05) is 30.0 Å². The number of carbonyl (C=O) groups is 1. The summed E-state index contributed by atoms with van der Waals surface area (Å²) in [6.07, 6.45) is 2.38. The van der Waals surface area contributed by atoms with Crippen molar-refractivity contribution in [2.24, 2.45) is 0 Å². The van der Waals surface area contributed by atoms with Crippen LogP contribution in [0.3, 0.4) is 0 Å². The Morgan fingerprint density at radius 1 is 1.24 bits per heavy atom. The number of fused-ring (bicyclic) bond motifs is 1. The molecule has 3 aromatic rings. The summed E-state index contributed by atoms with van der Waals surface area (Å²) in [7, 11) is 0. The maximum Gasteiger partial charge on any atom is 0.252 e. The summed E-state index contributed by atoms with van der Waals surface area (Å²) in [6, 6.07) is 5.97. The Morgan fingerprint density at radius 2 is 1.96 bits per heavy atom. The Kier molecular flexibility index (Phi) is 4.74. The van der Waals surface area contributed by atoms with Gasteiger partial charge < -0.3 is 4.90 Å². The summed E-state index contributed by atoms with van der Waals surface area (Å²) in [5, 5.41) is 4.17. The Bertz CT molecular complexity index is 904. The van der Waals surface area contributed by atoms with Crippen molar-refractivity contribution in [3.63, 3.8) is 0 Å². The lowest BCUT2D eigenvalue weighted by Gasteiger charge is -2.21. The van der Waals surface area contributed by atoms with Gasteiger partial charge in [0.25, 0.3) is 5.78 Å². The van der Waals surface area contributed by atoms with Crippen LogP contribution in [0.2, 0.25) is 0 Å². The highest BCUT2D eigenvalue weighted by Gasteiger charge is 2.17. The summed E-state index contributed by atoms with van der Waals surface area (Å²) in [5.74, 6) is 0.240. The lowest BCUT2D eigenvalue weighted by atomic mass is 10.1. The molecule has 130 valence electrons. The fourth-order valence-corrected chi connectivity index (χ4v) is 3.01. The van der Waals surface area contributed by atoms with Gasteiger partial charge >= 0.3 is 0 Å². The SMILES string of the molecule is CCN(C(=O)CCc1c(C)nc2ncnn2c1C)c1ccc(F)cc1. The van der Waals surface area contributed by atoms with E-state index < -0.39 is 0 Å². The molecule has 6 nitrogen and oxygen atoms in total. The van der Waals surface area contributed by atoms with E-state index in [1.165, 1.54) is 18.5 Å². The maximum absolute atomic E-state index is 13.1. The van der Waals surface area contributed by atoms with Crippen molar-refractivity contribution < 1.29 is 9.18 Å². The molecule has 7 heteroatoms. The number of carbonyl (C=O) groups excluding carboxylic acids is 1. The molecule has 25 heavy (non-hydrogen) atoms. The van der Waals surface area contributed by atoms with Gasteiger partial charge in [0.05, 0.1) is 0 Å². The van der Waals surface area contributed by atoms with Crippen LogP contribution in [-0.2, 0) is 11.2 Å². The van der Waals surface area contributed by atoms with Crippen molar-refractivity contribution in [3.05, 3.63) is 53.4 Å². The van der Waals surface area contributed by atoms with Crippen LogP contribution in [0, 0.1) is 19.7 Å². The minimum atomic E-state index is -0.314. The number of aromatic nitrogens is 4. The first-order valence-electron chi connectivity index (χ1n) is 8.23. The molecule has 0 spiro atoms. The summed E-state index contributed by atoms with van der Waals surface area (Å²) in [5.41, 5.74) is 3.50. The lowest BCUT2D eigenvalue weighted by molar-refractivity contribution is -0.118. The largest absolute Gasteiger partial charge is 0.313 e. The Balaban J connectivity index is 1.78. The smallest absolute Gasteiger partial charge is 0.252 e. The highest BCUT2D eigenvalue weighted by molar-refractivity contribution is 5.93. The zero-order chi connectivity index (χ0) is 18.0. The number of benzene rings is 1.